The first kappa shape index (κ1) is 17.6. The first-order valence-electron chi connectivity index (χ1n) is 8.99. The summed E-state index contributed by atoms with van der Waals surface area (Å²) in [5, 5.41) is 2.60. The van der Waals surface area contributed by atoms with Crippen molar-refractivity contribution in [3.8, 4) is 23.0 Å². The number of nitrogens with one attached hydrogen (secondary N) is 2. The molecule has 28 heavy (non-hydrogen) atoms. The van der Waals surface area contributed by atoms with Crippen molar-refractivity contribution in [3.05, 3.63) is 93.9 Å². The predicted octanol–water partition coefficient (Wildman–Crippen LogP) is 3.27. The first-order valence-corrected chi connectivity index (χ1v) is 8.99. The molecule has 0 bridgehead atoms. The Kier molecular flexibility index (Phi) is 4.94. The number of H-pyrrole nitrogens is 1. The van der Waals surface area contributed by atoms with E-state index in [0.717, 1.165) is 0 Å². The van der Waals surface area contributed by atoms with Gasteiger partial charge >= 0.3 is 6.09 Å². The van der Waals surface area contributed by atoms with Crippen LogP contribution in [-0.4, -0.2) is 24.2 Å². The van der Waals surface area contributed by atoms with Crippen LogP contribution in [0.3, 0.4) is 0 Å². The number of rotatable bonds is 3. The smallest absolute Gasteiger partial charge is 0.407 e. The number of hydrogen-bond donors (Lipinski definition) is 2. The van der Waals surface area contributed by atoms with Crippen LogP contribution < -0.4 is 10.7 Å². The largest absolute Gasteiger partial charge is 0.449 e. The Balaban J connectivity index is 1.37. The number of fused-ring (bicyclic) bond motifs is 3. The van der Waals surface area contributed by atoms with Crippen molar-refractivity contribution in [3.63, 3.8) is 0 Å². The van der Waals surface area contributed by atoms with E-state index in [-0.39, 0.29) is 24.5 Å². The second kappa shape index (κ2) is 7.85. The molecule has 3 aromatic rings. The van der Waals surface area contributed by atoms with Crippen LogP contribution in [0.4, 0.5) is 4.79 Å². The molecule has 0 saturated carbocycles. The van der Waals surface area contributed by atoms with Crippen molar-refractivity contribution in [2.75, 3.05) is 13.2 Å². The van der Waals surface area contributed by atoms with Crippen LogP contribution in [0.25, 0.3) is 11.1 Å². The molecule has 2 N–H and O–H groups in total. The van der Waals surface area contributed by atoms with Gasteiger partial charge in [-0.1, -0.05) is 60.4 Å². The fraction of sp³-hybridized carbons (Fsp3) is 0.130. The Bertz CT molecular complexity index is 1090. The zero-order valence-corrected chi connectivity index (χ0v) is 15.1. The van der Waals surface area contributed by atoms with Gasteiger partial charge in [-0.05, 0) is 22.3 Å². The molecular formula is C23H18N2O3. The van der Waals surface area contributed by atoms with Crippen LogP contribution in [0.5, 0.6) is 0 Å². The van der Waals surface area contributed by atoms with Crippen molar-refractivity contribution < 1.29 is 9.53 Å². The lowest BCUT2D eigenvalue weighted by molar-refractivity contribution is 0.144. The lowest BCUT2D eigenvalue weighted by Crippen LogP contribution is -2.26. The molecule has 1 amide bonds. The van der Waals surface area contributed by atoms with E-state index in [1.165, 1.54) is 34.5 Å². The van der Waals surface area contributed by atoms with Gasteiger partial charge in [-0.25, -0.2) is 4.79 Å². The maximum absolute atomic E-state index is 12.0. The van der Waals surface area contributed by atoms with E-state index in [1.54, 1.807) is 6.20 Å². The average Bonchev–Trinajstić information content (AvgIpc) is 3.05. The molecule has 5 nitrogen and oxygen atoms in total. The van der Waals surface area contributed by atoms with Crippen LogP contribution in [0.1, 0.15) is 22.6 Å². The van der Waals surface area contributed by atoms with Crippen molar-refractivity contribution >= 4 is 6.09 Å². The molecule has 1 heterocycles. The number of alkyl carbamates (subject to hydrolysis) is 1. The average molecular weight is 370 g/mol. The van der Waals surface area contributed by atoms with Crippen molar-refractivity contribution in [2.24, 2.45) is 0 Å². The van der Waals surface area contributed by atoms with Gasteiger partial charge in [0.1, 0.15) is 6.61 Å². The van der Waals surface area contributed by atoms with Gasteiger partial charge in [0.2, 0.25) is 0 Å². The van der Waals surface area contributed by atoms with Gasteiger partial charge in [-0.15, -0.1) is 0 Å². The van der Waals surface area contributed by atoms with E-state index in [1.807, 2.05) is 24.3 Å². The zero-order chi connectivity index (χ0) is 19.3. The Morgan fingerprint density at radius 2 is 1.71 bits per heavy atom. The summed E-state index contributed by atoms with van der Waals surface area (Å²) in [6.45, 7) is 0.358. The molecule has 138 valence electrons. The summed E-state index contributed by atoms with van der Waals surface area (Å²) in [5.74, 6) is 5.50. The Hall–Kier alpha value is -3.78. The summed E-state index contributed by atoms with van der Waals surface area (Å²) in [5.41, 5.74) is 4.90. The number of hydrogen-bond acceptors (Lipinski definition) is 3. The van der Waals surface area contributed by atoms with E-state index >= 15 is 0 Å². The summed E-state index contributed by atoms with van der Waals surface area (Å²) in [4.78, 5) is 26.4. The Labute approximate surface area is 162 Å². The molecule has 5 heteroatoms. The minimum atomic E-state index is -0.530. The highest BCUT2D eigenvalue weighted by Gasteiger charge is 2.28. The molecule has 1 aliphatic rings. The highest BCUT2D eigenvalue weighted by molar-refractivity contribution is 5.79. The first-order chi connectivity index (χ1) is 13.7. The minimum Gasteiger partial charge on any atom is -0.449 e. The van der Waals surface area contributed by atoms with Gasteiger partial charge in [0, 0.05) is 24.4 Å². The highest BCUT2D eigenvalue weighted by Crippen LogP contribution is 2.44. The minimum absolute atomic E-state index is 0.0205. The molecule has 0 fully saturated rings. The fourth-order valence-corrected chi connectivity index (χ4v) is 3.42. The third-order valence-corrected chi connectivity index (χ3v) is 4.71. The maximum Gasteiger partial charge on any atom is 0.407 e. The molecule has 0 aliphatic heterocycles. The van der Waals surface area contributed by atoms with Gasteiger partial charge in [0.15, 0.2) is 5.43 Å². The summed E-state index contributed by atoms with van der Waals surface area (Å²) >= 11 is 0. The van der Waals surface area contributed by atoms with E-state index in [4.69, 9.17) is 4.74 Å². The van der Waals surface area contributed by atoms with Gasteiger partial charge in [-0.3, -0.25) is 4.79 Å². The van der Waals surface area contributed by atoms with E-state index < -0.39 is 6.09 Å². The highest BCUT2D eigenvalue weighted by atomic mass is 16.5. The molecule has 0 saturated heterocycles. The number of aromatic nitrogens is 1. The van der Waals surface area contributed by atoms with Crippen molar-refractivity contribution in [2.45, 2.75) is 5.92 Å². The molecule has 1 aliphatic carbocycles. The number of aromatic amines is 1. The van der Waals surface area contributed by atoms with E-state index in [0.29, 0.717) is 5.56 Å². The molecule has 1 aromatic heterocycles. The fourth-order valence-electron chi connectivity index (χ4n) is 3.42. The molecular weight excluding hydrogens is 352 g/mol. The normalized spacial score (nSPS) is 11.7. The maximum atomic E-state index is 12.0. The molecule has 2 aromatic carbocycles. The van der Waals surface area contributed by atoms with E-state index in [9.17, 15) is 9.59 Å². The summed E-state index contributed by atoms with van der Waals surface area (Å²) < 4.78 is 5.43. The number of amides is 1. The number of ether oxygens (including phenoxy) is 1. The second-order valence-corrected chi connectivity index (χ2v) is 6.40. The Morgan fingerprint density at radius 1 is 1.04 bits per heavy atom. The summed E-state index contributed by atoms with van der Waals surface area (Å²) in [7, 11) is 0. The van der Waals surface area contributed by atoms with Gasteiger partial charge in [0.05, 0.1) is 12.1 Å². The van der Waals surface area contributed by atoms with Gasteiger partial charge in [0.25, 0.3) is 0 Å². The number of carbonyl (C=O) groups is 1. The van der Waals surface area contributed by atoms with Gasteiger partial charge in [-0.2, -0.15) is 0 Å². The van der Waals surface area contributed by atoms with Crippen molar-refractivity contribution in [1.82, 2.24) is 10.3 Å². The van der Waals surface area contributed by atoms with Crippen LogP contribution in [0, 0.1) is 11.8 Å². The van der Waals surface area contributed by atoms with Crippen LogP contribution in [0.2, 0.25) is 0 Å². The van der Waals surface area contributed by atoms with Crippen LogP contribution >= 0.6 is 0 Å². The third kappa shape index (κ3) is 3.53. The number of carbonyl (C=O) groups excluding carboxylic acids is 1. The molecule has 0 spiro atoms. The number of pyridine rings is 1. The monoisotopic (exact) mass is 370 g/mol. The topological polar surface area (TPSA) is 71.2 Å². The summed E-state index contributed by atoms with van der Waals surface area (Å²) in [6, 6.07) is 17.8. The van der Waals surface area contributed by atoms with Gasteiger partial charge < -0.3 is 15.0 Å². The van der Waals surface area contributed by atoms with E-state index in [2.05, 4.69) is 46.4 Å². The lowest BCUT2D eigenvalue weighted by atomic mass is 9.98. The molecule has 0 unspecified atom stereocenters. The lowest BCUT2D eigenvalue weighted by Gasteiger charge is -2.14. The second-order valence-electron chi connectivity index (χ2n) is 6.40. The third-order valence-electron chi connectivity index (χ3n) is 4.71. The molecule has 4 rings (SSSR count). The molecule has 0 radical (unpaired) electrons. The standard InChI is InChI=1S/C23H18N2O3/c26-22-11-13-24-14-16(22)6-5-12-25-23(27)28-15-21-19-9-3-1-7-17(19)18-8-2-4-10-20(18)21/h1-4,7-11,13-14,21H,12,15H2,(H,24,26)(H,25,27). The molecule has 0 atom stereocenters. The van der Waals surface area contributed by atoms with Crippen LogP contribution in [0.15, 0.2) is 71.8 Å². The SMILES string of the molecule is O=C(NCC#Cc1c[nH]ccc1=O)OCC1c2ccccc2-c2ccccc21. The number of benzene rings is 2. The quantitative estimate of drug-likeness (QED) is 0.695. The zero-order valence-electron chi connectivity index (χ0n) is 15.1. The van der Waals surface area contributed by atoms with Crippen LogP contribution in [-0.2, 0) is 4.74 Å². The summed E-state index contributed by atoms with van der Waals surface area (Å²) in [6.07, 6.45) is 2.54. The van der Waals surface area contributed by atoms with Crippen molar-refractivity contribution in [1.29, 1.82) is 0 Å². The predicted molar refractivity (Wildman–Crippen MR) is 107 cm³/mol. The Morgan fingerprint density at radius 3 is 2.39 bits per heavy atom.